The van der Waals surface area contributed by atoms with Gasteiger partial charge in [-0.25, -0.2) is 0 Å². The topological polar surface area (TPSA) is 76.7 Å². The number of rotatable bonds is 7. The summed E-state index contributed by atoms with van der Waals surface area (Å²) in [5.74, 6) is -2.91. The van der Waals surface area contributed by atoms with Gasteiger partial charge >= 0.3 is 12.4 Å². The zero-order valence-corrected chi connectivity index (χ0v) is 18.7. The molecule has 2 aromatic rings. The highest BCUT2D eigenvalue weighted by Gasteiger charge is 2.59. The van der Waals surface area contributed by atoms with Gasteiger partial charge in [0.2, 0.25) is 11.8 Å². The third-order valence-corrected chi connectivity index (χ3v) is 4.77. The first-order valence-corrected chi connectivity index (χ1v) is 9.80. The van der Waals surface area contributed by atoms with Gasteiger partial charge in [-0.15, -0.1) is 0 Å². The summed E-state index contributed by atoms with van der Waals surface area (Å²) in [6.07, 6.45) is -15.7. The van der Waals surface area contributed by atoms with E-state index in [0.29, 0.717) is 10.7 Å². The number of carbonyl (C=O) groups is 2. The van der Waals surface area contributed by atoms with Crippen molar-refractivity contribution < 1.29 is 45.4 Å². The second-order valence-corrected chi connectivity index (χ2v) is 7.92. The first-order valence-electron chi connectivity index (χ1n) is 9.42. The van der Waals surface area contributed by atoms with Crippen LogP contribution in [-0.4, -0.2) is 37.4 Å². The first kappa shape index (κ1) is 27.1. The van der Waals surface area contributed by atoms with Crippen molar-refractivity contribution in [2.45, 2.75) is 32.3 Å². The average Bonchev–Trinajstić information content (AvgIpc) is 2.72. The Morgan fingerprint density at radius 3 is 1.91 bits per heavy atom. The number of hydrogen-bond donors (Lipinski definition) is 2. The monoisotopic (exact) mass is 512 g/mol. The van der Waals surface area contributed by atoms with E-state index in [2.05, 4.69) is 15.4 Å². The molecule has 0 atom stereocenters. The van der Waals surface area contributed by atoms with Gasteiger partial charge in [-0.05, 0) is 50.2 Å². The molecule has 0 saturated heterocycles. The second-order valence-electron chi connectivity index (χ2n) is 7.48. The fourth-order valence-corrected chi connectivity index (χ4v) is 2.60. The molecule has 34 heavy (non-hydrogen) atoms. The molecular formula is C21H19ClF6N2O4. The predicted molar refractivity (Wildman–Crippen MR) is 112 cm³/mol. The summed E-state index contributed by atoms with van der Waals surface area (Å²) in [5, 5.41) is 5.02. The number of alkyl halides is 6. The van der Waals surface area contributed by atoms with Crippen molar-refractivity contribution in [3.8, 4) is 11.5 Å². The largest absolute Gasteiger partial charge is 0.497 e. The normalized spacial score (nSPS) is 12.3. The van der Waals surface area contributed by atoms with E-state index in [0.717, 1.165) is 19.2 Å². The Hall–Kier alpha value is -3.15. The summed E-state index contributed by atoms with van der Waals surface area (Å²) in [7, 11) is 1.13. The number of carbonyl (C=O) groups excluding carboxylic acids is 2. The summed E-state index contributed by atoms with van der Waals surface area (Å²) < 4.78 is 86.9. The van der Waals surface area contributed by atoms with Crippen LogP contribution in [0.15, 0.2) is 42.5 Å². The highest BCUT2D eigenvalue weighted by Crippen LogP contribution is 2.40. The van der Waals surface area contributed by atoms with Gasteiger partial charge in [-0.2, -0.15) is 26.3 Å². The van der Waals surface area contributed by atoms with Gasteiger partial charge in [0.25, 0.3) is 6.10 Å². The van der Waals surface area contributed by atoms with E-state index < -0.39 is 47.1 Å². The number of methoxy groups -OCH3 is 1. The van der Waals surface area contributed by atoms with Crippen molar-refractivity contribution in [2.24, 2.45) is 5.41 Å². The molecule has 0 bridgehead atoms. The van der Waals surface area contributed by atoms with Gasteiger partial charge in [0, 0.05) is 16.8 Å². The molecule has 0 unspecified atom stereocenters. The molecule has 0 aromatic heterocycles. The summed E-state index contributed by atoms with van der Waals surface area (Å²) in [6, 6.07) is 8.84. The van der Waals surface area contributed by atoms with Crippen LogP contribution in [0.1, 0.15) is 13.8 Å². The van der Waals surface area contributed by atoms with Gasteiger partial charge in [-0.1, -0.05) is 11.6 Å². The summed E-state index contributed by atoms with van der Waals surface area (Å²) in [4.78, 5) is 25.4. The van der Waals surface area contributed by atoms with Crippen LogP contribution < -0.4 is 20.1 Å². The number of benzene rings is 2. The van der Waals surface area contributed by atoms with Crippen LogP contribution in [0.3, 0.4) is 0 Å². The molecule has 0 spiro atoms. The average molecular weight is 513 g/mol. The third kappa shape index (κ3) is 6.69. The van der Waals surface area contributed by atoms with Crippen LogP contribution in [0.5, 0.6) is 11.5 Å². The predicted octanol–water partition coefficient (Wildman–Crippen LogP) is 5.82. The van der Waals surface area contributed by atoms with E-state index in [4.69, 9.17) is 16.3 Å². The highest BCUT2D eigenvalue weighted by atomic mass is 35.5. The molecule has 6 nitrogen and oxygen atoms in total. The van der Waals surface area contributed by atoms with Crippen LogP contribution in [0.25, 0.3) is 0 Å². The quantitative estimate of drug-likeness (QED) is 0.362. The fraction of sp³-hybridized carbons (Fsp3) is 0.333. The van der Waals surface area contributed by atoms with Crippen molar-refractivity contribution in [2.75, 3.05) is 17.7 Å². The maximum absolute atomic E-state index is 13.0. The van der Waals surface area contributed by atoms with Gasteiger partial charge in [0.05, 0.1) is 12.8 Å². The standard InChI is InChI=1S/C21H19ClF6N2O4/c1-19(2,17(31)29-12-6-4-11(22)5-7-12)18(32)30-14-9-8-13(33-3)10-15(14)34-16(20(23,24)25)21(26,27)28/h4-10,16H,1-3H3,(H,29,31)(H,30,32). The summed E-state index contributed by atoms with van der Waals surface area (Å²) in [6.45, 7) is 2.43. The van der Waals surface area contributed by atoms with Crippen LogP contribution in [0.4, 0.5) is 37.7 Å². The molecule has 0 aliphatic carbocycles. The number of halogens is 7. The Labute approximate surface area is 195 Å². The smallest absolute Gasteiger partial charge is 0.434 e. The fourth-order valence-electron chi connectivity index (χ4n) is 2.48. The van der Waals surface area contributed by atoms with Crippen LogP contribution in [0.2, 0.25) is 5.02 Å². The maximum atomic E-state index is 13.0. The van der Waals surface area contributed by atoms with Crippen LogP contribution in [-0.2, 0) is 9.59 Å². The lowest BCUT2D eigenvalue weighted by atomic mass is 9.90. The Balaban J connectivity index is 2.31. The van der Waals surface area contributed by atoms with Crippen molar-refractivity contribution in [3.63, 3.8) is 0 Å². The van der Waals surface area contributed by atoms with Gasteiger partial charge in [-0.3, -0.25) is 9.59 Å². The zero-order chi connectivity index (χ0) is 25.9. The number of anilines is 2. The Morgan fingerprint density at radius 2 is 1.41 bits per heavy atom. The lowest BCUT2D eigenvalue weighted by Crippen LogP contribution is -2.46. The Morgan fingerprint density at radius 1 is 0.882 bits per heavy atom. The molecule has 0 radical (unpaired) electrons. The molecule has 0 aliphatic rings. The highest BCUT2D eigenvalue weighted by molar-refractivity contribution is 6.30. The lowest BCUT2D eigenvalue weighted by molar-refractivity contribution is -0.299. The van der Waals surface area contributed by atoms with E-state index in [-0.39, 0.29) is 5.75 Å². The van der Waals surface area contributed by atoms with Gasteiger partial charge < -0.3 is 20.1 Å². The van der Waals surface area contributed by atoms with Crippen molar-refractivity contribution in [3.05, 3.63) is 47.5 Å². The molecule has 0 fully saturated rings. The lowest BCUT2D eigenvalue weighted by Gasteiger charge is -2.26. The number of ether oxygens (including phenoxy) is 2. The van der Waals surface area contributed by atoms with E-state index in [1.54, 1.807) is 0 Å². The van der Waals surface area contributed by atoms with Crippen molar-refractivity contribution in [1.82, 2.24) is 0 Å². The maximum Gasteiger partial charge on any atom is 0.434 e. The molecule has 2 aromatic carbocycles. The SMILES string of the molecule is COc1ccc(NC(=O)C(C)(C)C(=O)Nc2ccc(Cl)cc2)c(OC(C(F)(F)F)C(F)(F)F)c1. The molecule has 13 heteroatoms. The minimum absolute atomic E-state index is 0.129. The zero-order valence-electron chi connectivity index (χ0n) is 17.9. The third-order valence-electron chi connectivity index (χ3n) is 4.51. The molecule has 186 valence electrons. The molecule has 0 aliphatic heterocycles. The van der Waals surface area contributed by atoms with E-state index >= 15 is 0 Å². The number of hydrogen-bond acceptors (Lipinski definition) is 4. The minimum Gasteiger partial charge on any atom is -0.497 e. The Kier molecular flexibility index (Phi) is 7.97. The molecule has 2 amide bonds. The summed E-state index contributed by atoms with van der Waals surface area (Å²) in [5.41, 5.74) is -2.02. The molecular weight excluding hydrogens is 494 g/mol. The van der Waals surface area contributed by atoms with Crippen molar-refractivity contribution in [1.29, 1.82) is 0 Å². The van der Waals surface area contributed by atoms with Gasteiger partial charge in [0.1, 0.15) is 16.9 Å². The van der Waals surface area contributed by atoms with Crippen LogP contribution >= 0.6 is 11.6 Å². The van der Waals surface area contributed by atoms with Gasteiger partial charge in [0.15, 0.2) is 0 Å². The van der Waals surface area contributed by atoms with E-state index in [9.17, 15) is 35.9 Å². The number of amides is 2. The van der Waals surface area contributed by atoms with Crippen LogP contribution in [0, 0.1) is 5.41 Å². The first-order chi connectivity index (χ1) is 15.6. The second kappa shape index (κ2) is 10.00. The van der Waals surface area contributed by atoms with Crippen molar-refractivity contribution >= 4 is 34.8 Å². The summed E-state index contributed by atoms with van der Waals surface area (Å²) >= 11 is 5.77. The van der Waals surface area contributed by atoms with E-state index in [1.165, 1.54) is 44.2 Å². The molecule has 2 rings (SSSR count). The number of nitrogens with one attached hydrogen (secondary N) is 2. The molecule has 2 N–H and O–H groups in total. The Bertz CT molecular complexity index is 1030. The molecule has 0 heterocycles. The van der Waals surface area contributed by atoms with E-state index in [1.807, 2.05) is 0 Å². The minimum atomic E-state index is -5.79. The molecule has 0 saturated carbocycles.